The Morgan fingerprint density at radius 3 is 1.21 bits per heavy atom. The fourth-order valence-corrected chi connectivity index (χ4v) is 12.0. The molecule has 3 aromatic carbocycles. The monoisotopic (exact) mass is 418 g/mol. The zero-order valence-corrected chi connectivity index (χ0v) is 19.3. The molecular formula is C27H28ClP. The van der Waals surface area contributed by atoms with Gasteiger partial charge < -0.3 is 0 Å². The number of allylic oxidation sites excluding steroid dienone is 4. The van der Waals surface area contributed by atoms with Crippen LogP contribution in [0.1, 0.15) is 27.7 Å². The summed E-state index contributed by atoms with van der Waals surface area (Å²) < 4.78 is 0. The first-order valence-electron chi connectivity index (χ1n) is 10.2. The molecule has 1 atom stereocenters. The fourth-order valence-electron chi connectivity index (χ4n) is 5.24. The topological polar surface area (TPSA) is 0 Å². The van der Waals surface area contributed by atoms with E-state index in [1.54, 1.807) is 0 Å². The van der Waals surface area contributed by atoms with Crippen LogP contribution in [0.4, 0.5) is 0 Å². The second kappa shape index (κ2) is 7.60. The average molecular weight is 419 g/mol. The molecule has 29 heavy (non-hydrogen) atoms. The first-order chi connectivity index (χ1) is 14.0. The Hall–Kier alpha value is -2.14. The second-order valence-corrected chi connectivity index (χ2v) is 12.8. The van der Waals surface area contributed by atoms with Gasteiger partial charge in [0.15, 0.2) is 0 Å². The molecule has 3 aromatic rings. The Morgan fingerprint density at radius 1 is 0.586 bits per heavy atom. The van der Waals surface area contributed by atoms with Crippen LogP contribution in [0, 0.1) is 0 Å². The standard InChI is InChI=1S/C27H28ClP/c1-20-21(2)26(28)27(4,22(20)3)29(23-14-8-5-9-15-23,24-16-10-6-11-17-24)25-18-12-7-13-19-25/h5-19,29H,1-4H3. The number of hydrogen-bond acceptors (Lipinski definition) is 0. The van der Waals surface area contributed by atoms with E-state index in [0.29, 0.717) is 0 Å². The first-order valence-corrected chi connectivity index (χ1v) is 12.5. The molecule has 1 unspecified atom stereocenters. The molecule has 0 aromatic heterocycles. The van der Waals surface area contributed by atoms with Crippen LogP contribution in [0.15, 0.2) is 113 Å². The van der Waals surface area contributed by atoms with Gasteiger partial charge in [0.2, 0.25) is 0 Å². The van der Waals surface area contributed by atoms with Crippen LogP contribution in [-0.2, 0) is 0 Å². The summed E-state index contributed by atoms with van der Waals surface area (Å²) in [6.45, 7) is 9.06. The normalized spacial score (nSPS) is 20.3. The van der Waals surface area contributed by atoms with Crippen molar-refractivity contribution < 1.29 is 0 Å². The zero-order valence-electron chi connectivity index (χ0n) is 17.5. The van der Waals surface area contributed by atoms with Crippen molar-refractivity contribution in [3.8, 4) is 0 Å². The molecule has 0 nitrogen and oxygen atoms in total. The molecule has 1 aliphatic carbocycles. The van der Waals surface area contributed by atoms with Gasteiger partial charge >= 0.3 is 180 Å². The van der Waals surface area contributed by atoms with Crippen molar-refractivity contribution in [3.63, 3.8) is 0 Å². The molecule has 0 spiro atoms. The van der Waals surface area contributed by atoms with E-state index in [4.69, 9.17) is 11.6 Å². The number of rotatable bonds is 4. The molecule has 0 bridgehead atoms. The van der Waals surface area contributed by atoms with Crippen molar-refractivity contribution in [2.75, 3.05) is 0 Å². The van der Waals surface area contributed by atoms with Crippen LogP contribution in [0.3, 0.4) is 0 Å². The fraction of sp³-hybridized carbons (Fsp3) is 0.185. The molecule has 0 heterocycles. The summed E-state index contributed by atoms with van der Waals surface area (Å²) >= 11 is 7.27. The van der Waals surface area contributed by atoms with Gasteiger partial charge in [-0.05, 0) is 0 Å². The van der Waals surface area contributed by atoms with Crippen LogP contribution in [0.5, 0.6) is 0 Å². The molecular weight excluding hydrogens is 391 g/mol. The Balaban J connectivity index is 2.22. The van der Waals surface area contributed by atoms with E-state index >= 15 is 0 Å². The van der Waals surface area contributed by atoms with Gasteiger partial charge in [-0.15, -0.1) is 0 Å². The van der Waals surface area contributed by atoms with E-state index in [0.717, 1.165) is 5.03 Å². The third kappa shape index (κ3) is 2.77. The molecule has 148 valence electrons. The van der Waals surface area contributed by atoms with Crippen LogP contribution >= 0.6 is 18.9 Å². The first kappa shape index (κ1) is 20.1. The van der Waals surface area contributed by atoms with Gasteiger partial charge in [0.25, 0.3) is 0 Å². The van der Waals surface area contributed by atoms with E-state index in [1.165, 1.54) is 32.6 Å². The van der Waals surface area contributed by atoms with Gasteiger partial charge in [-0.25, -0.2) is 0 Å². The third-order valence-electron chi connectivity index (χ3n) is 7.01. The molecule has 4 rings (SSSR count). The summed E-state index contributed by atoms with van der Waals surface area (Å²) in [6.07, 6.45) is 0. The molecule has 0 saturated carbocycles. The summed E-state index contributed by atoms with van der Waals surface area (Å²) in [5.41, 5.74) is 3.95. The molecule has 0 saturated heterocycles. The van der Waals surface area contributed by atoms with Gasteiger partial charge in [-0.2, -0.15) is 0 Å². The Bertz CT molecular complexity index is 958. The minimum atomic E-state index is -2.57. The molecule has 0 amide bonds. The van der Waals surface area contributed by atoms with Crippen molar-refractivity contribution in [2.45, 2.75) is 32.9 Å². The van der Waals surface area contributed by atoms with E-state index in [-0.39, 0.29) is 5.16 Å². The zero-order chi connectivity index (χ0) is 20.6. The Morgan fingerprint density at radius 2 is 0.931 bits per heavy atom. The van der Waals surface area contributed by atoms with Crippen LogP contribution < -0.4 is 15.9 Å². The van der Waals surface area contributed by atoms with Crippen molar-refractivity contribution in [1.82, 2.24) is 0 Å². The van der Waals surface area contributed by atoms with Gasteiger partial charge in [0.05, 0.1) is 0 Å². The van der Waals surface area contributed by atoms with Crippen molar-refractivity contribution in [2.24, 2.45) is 0 Å². The van der Waals surface area contributed by atoms with Crippen LogP contribution in [-0.4, -0.2) is 5.16 Å². The van der Waals surface area contributed by atoms with Crippen molar-refractivity contribution in [1.29, 1.82) is 0 Å². The Labute approximate surface area is 180 Å². The van der Waals surface area contributed by atoms with Crippen LogP contribution in [0.2, 0.25) is 0 Å². The van der Waals surface area contributed by atoms with Gasteiger partial charge in [0, 0.05) is 0 Å². The van der Waals surface area contributed by atoms with E-state index < -0.39 is 7.26 Å². The molecule has 0 aliphatic heterocycles. The number of halogens is 1. The predicted octanol–water partition coefficient (Wildman–Crippen LogP) is 6.33. The number of benzene rings is 3. The van der Waals surface area contributed by atoms with E-state index in [9.17, 15) is 0 Å². The molecule has 1 aliphatic rings. The summed E-state index contributed by atoms with van der Waals surface area (Å²) in [5, 5.41) is 4.91. The third-order valence-corrected chi connectivity index (χ3v) is 13.6. The second-order valence-electron chi connectivity index (χ2n) is 8.16. The van der Waals surface area contributed by atoms with Crippen molar-refractivity contribution >= 4 is 34.8 Å². The van der Waals surface area contributed by atoms with Gasteiger partial charge in [-0.1, -0.05) is 0 Å². The number of hydrogen-bond donors (Lipinski definition) is 0. The van der Waals surface area contributed by atoms with E-state index in [2.05, 4.69) is 119 Å². The summed E-state index contributed by atoms with van der Waals surface area (Å²) in [4.78, 5) is 0. The molecule has 0 fully saturated rings. The van der Waals surface area contributed by atoms with E-state index in [1.807, 2.05) is 0 Å². The molecule has 2 heteroatoms. The minimum absolute atomic E-state index is 0.257. The average Bonchev–Trinajstić information content (AvgIpc) is 2.93. The SMILES string of the molecule is CC1=C(C)C(C)([PH](c2ccccc2)(c2ccccc2)c2ccccc2)C(Cl)=C1C. The maximum absolute atomic E-state index is 7.27. The van der Waals surface area contributed by atoms with Crippen LogP contribution in [0.25, 0.3) is 0 Å². The van der Waals surface area contributed by atoms with Gasteiger partial charge in [0.1, 0.15) is 0 Å². The Kier molecular flexibility index (Phi) is 5.28. The molecule has 0 N–H and O–H groups in total. The maximum atomic E-state index is 7.27. The summed E-state index contributed by atoms with van der Waals surface area (Å²) in [7, 11) is -2.57. The van der Waals surface area contributed by atoms with Crippen molar-refractivity contribution in [3.05, 3.63) is 113 Å². The molecule has 0 radical (unpaired) electrons. The van der Waals surface area contributed by atoms with Gasteiger partial charge in [-0.3, -0.25) is 0 Å². The predicted molar refractivity (Wildman–Crippen MR) is 132 cm³/mol. The summed E-state index contributed by atoms with van der Waals surface area (Å²) in [6, 6.07) is 33.1. The summed E-state index contributed by atoms with van der Waals surface area (Å²) in [5.74, 6) is 0. The quantitative estimate of drug-likeness (QED) is 0.434.